The molecule has 0 amide bonds. The summed E-state index contributed by atoms with van der Waals surface area (Å²) in [5.74, 6) is -0.417. The van der Waals surface area contributed by atoms with Crippen LogP contribution >= 0.6 is 0 Å². The summed E-state index contributed by atoms with van der Waals surface area (Å²) in [6.45, 7) is 2.09. The first-order chi connectivity index (χ1) is 9.06. The van der Waals surface area contributed by atoms with Crippen LogP contribution in [0.25, 0.3) is 0 Å². The summed E-state index contributed by atoms with van der Waals surface area (Å²) in [5, 5.41) is 28.4. The number of rotatable bonds is 8. The summed E-state index contributed by atoms with van der Waals surface area (Å²) >= 11 is 0. The van der Waals surface area contributed by atoms with Crippen LogP contribution in [0.5, 0.6) is 0 Å². The fourth-order valence-corrected chi connectivity index (χ4v) is 2.98. The largest absolute Gasteiger partial charge is 0.481 e. The van der Waals surface area contributed by atoms with Gasteiger partial charge in [0, 0.05) is 6.42 Å². The van der Waals surface area contributed by atoms with Crippen molar-refractivity contribution in [3.63, 3.8) is 0 Å². The Labute approximate surface area is 115 Å². The van der Waals surface area contributed by atoms with Gasteiger partial charge < -0.3 is 15.3 Å². The van der Waals surface area contributed by atoms with Crippen LogP contribution in [0.1, 0.15) is 51.9 Å². The molecule has 0 spiro atoms. The van der Waals surface area contributed by atoms with E-state index in [4.69, 9.17) is 5.11 Å². The first kappa shape index (κ1) is 16.2. The Hall–Kier alpha value is -0.870. The van der Waals surface area contributed by atoms with Crippen LogP contribution in [0.2, 0.25) is 0 Å². The van der Waals surface area contributed by atoms with E-state index >= 15 is 0 Å². The molecule has 19 heavy (non-hydrogen) atoms. The Morgan fingerprint density at radius 2 is 1.89 bits per heavy atom. The third-order valence-electron chi connectivity index (χ3n) is 3.98. The second-order valence-corrected chi connectivity index (χ2v) is 5.48. The highest BCUT2D eigenvalue weighted by molar-refractivity contribution is 5.66. The molecule has 1 aliphatic rings. The van der Waals surface area contributed by atoms with Crippen LogP contribution in [-0.4, -0.2) is 33.5 Å². The van der Waals surface area contributed by atoms with Crippen molar-refractivity contribution in [2.45, 2.75) is 64.1 Å². The minimum absolute atomic E-state index is 0.144. The summed E-state index contributed by atoms with van der Waals surface area (Å²) in [5.41, 5.74) is 0. The zero-order valence-electron chi connectivity index (χ0n) is 11.7. The summed E-state index contributed by atoms with van der Waals surface area (Å²) in [6, 6.07) is 0. The van der Waals surface area contributed by atoms with E-state index in [1.807, 2.05) is 12.2 Å². The standard InChI is InChI=1S/C15H26O4/c1-2-7-11-12(14(17)10-13(11)16)8-5-3-4-6-9-15(18)19/h3,5,11-14,16-17H,2,4,6-10H2,1H3,(H,18,19)/b5-3-/t11-,12-,13-,14+/m1/s1. The number of aliphatic hydroxyl groups is 2. The normalized spacial score (nSPS) is 31.1. The first-order valence-electron chi connectivity index (χ1n) is 7.29. The molecule has 4 nitrogen and oxygen atoms in total. The molecule has 1 fully saturated rings. The van der Waals surface area contributed by atoms with Crippen LogP contribution in [0.15, 0.2) is 12.2 Å². The lowest BCUT2D eigenvalue weighted by atomic mass is 9.87. The van der Waals surface area contributed by atoms with Crippen molar-refractivity contribution in [2.75, 3.05) is 0 Å². The number of aliphatic carboxylic acids is 1. The lowest BCUT2D eigenvalue weighted by Gasteiger charge is -2.21. The number of carboxylic acid groups (broad SMARTS) is 1. The van der Waals surface area contributed by atoms with Crippen molar-refractivity contribution >= 4 is 5.97 Å². The van der Waals surface area contributed by atoms with Gasteiger partial charge in [0.25, 0.3) is 0 Å². The number of carbonyl (C=O) groups is 1. The second-order valence-electron chi connectivity index (χ2n) is 5.48. The third kappa shape index (κ3) is 5.33. The smallest absolute Gasteiger partial charge is 0.303 e. The summed E-state index contributed by atoms with van der Waals surface area (Å²) in [6.07, 6.45) is 8.08. The average molecular weight is 270 g/mol. The van der Waals surface area contributed by atoms with E-state index in [1.165, 1.54) is 0 Å². The van der Waals surface area contributed by atoms with Gasteiger partial charge in [-0.15, -0.1) is 0 Å². The quantitative estimate of drug-likeness (QED) is 0.467. The number of hydrogen-bond acceptors (Lipinski definition) is 3. The second kappa shape index (κ2) is 8.33. The Morgan fingerprint density at radius 1 is 1.21 bits per heavy atom. The highest BCUT2D eigenvalue weighted by Crippen LogP contribution is 2.37. The van der Waals surface area contributed by atoms with Gasteiger partial charge in [-0.2, -0.15) is 0 Å². The molecule has 0 bridgehead atoms. The maximum atomic E-state index is 10.4. The van der Waals surface area contributed by atoms with Gasteiger partial charge in [-0.1, -0.05) is 25.5 Å². The monoisotopic (exact) mass is 270 g/mol. The van der Waals surface area contributed by atoms with Gasteiger partial charge in [-0.3, -0.25) is 4.79 Å². The molecule has 3 N–H and O–H groups in total. The molecule has 0 unspecified atom stereocenters. The van der Waals surface area contributed by atoms with E-state index in [2.05, 4.69) is 6.92 Å². The highest BCUT2D eigenvalue weighted by Gasteiger charge is 2.39. The van der Waals surface area contributed by atoms with Gasteiger partial charge in [0.1, 0.15) is 0 Å². The summed E-state index contributed by atoms with van der Waals surface area (Å²) in [4.78, 5) is 10.4. The van der Waals surface area contributed by atoms with Crippen molar-refractivity contribution in [1.29, 1.82) is 0 Å². The highest BCUT2D eigenvalue weighted by atomic mass is 16.4. The molecule has 4 atom stereocenters. The number of hydrogen-bond donors (Lipinski definition) is 3. The molecule has 0 aromatic carbocycles. The van der Waals surface area contributed by atoms with Crippen LogP contribution in [0.4, 0.5) is 0 Å². The Balaban J connectivity index is 2.33. The van der Waals surface area contributed by atoms with Crippen molar-refractivity contribution in [2.24, 2.45) is 11.8 Å². The molecule has 0 radical (unpaired) electrons. The Kier molecular flexibility index (Phi) is 7.10. The SMILES string of the molecule is CCC[C@@H]1[C@@H](C/C=C\CCCC(=O)O)[C@@H](O)C[C@H]1O. The molecule has 0 saturated heterocycles. The maximum absolute atomic E-state index is 10.4. The number of carboxylic acids is 1. The minimum atomic E-state index is -0.759. The van der Waals surface area contributed by atoms with Gasteiger partial charge in [-0.25, -0.2) is 0 Å². The van der Waals surface area contributed by atoms with Gasteiger partial charge in [0.2, 0.25) is 0 Å². The van der Waals surface area contributed by atoms with E-state index in [9.17, 15) is 15.0 Å². The van der Waals surface area contributed by atoms with Crippen LogP contribution in [-0.2, 0) is 4.79 Å². The van der Waals surface area contributed by atoms with Gasteiger partial charge in [-0.05, 0) is 43.9 Å². The van der Waals surface area contributed by atoms with E-state index < -0.39 is 12.1 Å². The molecule has 4 heteroatoms. The van der Waals surface area contributed by atoms with Crippen molar-refractivity contribution in [3.8, 4) is 0 Å². The molecular weight excluding hydrogens is 244 g/mol. The Morgan fingerprint density at radius 3 is 2.53 bits per heavy atom. The first-order valence-corrected chi connectivity index (χ1v) is 7.29. The maximum Gasteiger partial charge on any atom is 0.303 e. The van der Waals surface area contributed by atoms with Crippen LogP contribution in [0.3, 0.4) is 0 Å². The van der Waals surface area contributed by atoms with Gasteiger partial charge in [0.15, 0.2) is 0 Å². The molecule has 1 aliphatic carbocycles. The predicted octanol–water partition coefficient (Wildman–Crippen LogP) is 2.35. The fourth-order valence-electron chi connectivity index (χ4n) is 2.98. The fraction of sp³-hybridized carbons (Fsp3) is 0.800. The van der Waals surface area contributed by atoms with E-state index in [0.717, 1.165) is 25.7 Å². The minimum Gasteiger partial charge on any atom is -0.481 e. The molecule has 110 valence electrons. The Bertz CT molecular complexity index is 301. The molecular formula is C15H26O4. The van der Waals surface area contributed by atoms with E-state index in [-0.39, 0.29) is 24.4 Å². The molecule has 1 rings (SSSR count). The van der Waals surface area contributed by atoms with Gasteiger partial charge in [0.05, 0.1) is 12.2 Å². The molecule has 0 heterocycles. The molecule has 0 aromatic rings. The lowest BCUT2D eigenvalue weighted by molar-refractivity contribution is -0.137. The predicted molar refractivity (Wildman–Crippen MR) is 73.8 cm³/mol. The van der Waals surface area contributed by atoms with Gasteiger partial charge >= 0.3 is 5.97 Å². The zero-order chi connectivity index (χ0) is 14.3. The molecule has 0 aliphatic heterocycles. The van der Waals surface area contributed by atoms with Crippen molar-refractivity contribution in [1.82, 2.24) is 0 Å². The van der Waals surface area contributed by atoms with E-state index in [1.54, 1.807) is 0 Å². The zero-order valence-corrected chi connectivity index (χ0v) is 11.7. The number of allylic oxidation sites excluding steroid dienone is 2. The molecule has 1 saturated carbocycles. The van der Waals surface area contributed by atoms with Crippen LogP contribution in [0, 0.1) is 11.8 Å². The number of aliphatic hydroxyl groups excluding tert-OH is 2. The number of unbranched alkanes of at least 4 members (excludes halogenated alkanes) is 1. The van der Waals surface area contributed by atoms with E-state index in [0.29, 0.717) is 12.8 Å². The summed E-state index contributed by atoms with van der Waals surface area (Å²) < 4.78 is 0. The molecule has 0 aromatic heterocycles. The van der Waals surface area contributed by atoms with Crippen molar-refractivity contribution in [3.05, 3.63) is 12.2 Å². The lowest BCUT2D eigenvalue weighted by Crippen LogP contribution is -2.21. The van der Waals surface area contributed by atoms with Crippen LogP contribution < -0.4 is 0 Å². The van der Waals surface area contributed by atoms with Crippen molar-refractivity contribution < 1.29 is 20.1 Å². The average Bonchev–Trinajstić information content (AvgIpc) is 2.60. The third-order valence-corrected chi connectivity index (χ3v) is 3.98. The topological polar surface area (TPSA) is 77.8 Å². The summed E-state index contributed by atoms with van der Waals surface area (Å²) in [7, 11) is 0.